The van der Waals surface area contributed by atoms with Gasteiger partial charge in [0.05, 0.1) is 17.6 Å². The van der Waals surface area contributed by atoms with Gasteiger partial charge < -0.3 is 14.6 Å². The van der Waals surface area contributed by atoms with E-state index in [9.17, 15) is 4.79 Å². The standard InChI is InChI=1S/C19H26N4O2/c1-22(12-15-5-3-2-4-6-15)9-10-23-13-18(21-14-23)17-11-16(19(24)25)7-8-20-17/h7-8,11,13-15H,2-6,9-10,12H2,1H3,(H,24,25). The van der Waals surface area contributed by atoms with Crippen LogP contribution in [-0.2, 0) is 6.54 Å². The van der Waals surface area contributed by atoms with Gasteiger partial charge >= 0.3 is 5.97 Å². The Kier molecular flexibility index (Phi) is 5.81. The highest BCUT2D eigenvalue weighted by atomic mass is 16.4. The summed E-state index contributed by atoms with van der Waals surface area (Å²) in [5.74, 6) is -0.104. The first-order valence-corrected chi connectivity index (χ1v) is 9.02. The summed E-state index contributed by atoms with van der Waals surface area (Å²) in [7, 11) is 2.18. The maximum Gasteiger partial charge on any atom is 0.335 e. The third kappa shape index (κ3) is 4.89. The predicted octanol–water partition coefficient (Wildman–Crippen LogP) is 3.16. The number of carboxylic acids is 1. The van der Waals surface area contributed by atoms with Crippen LogP contribution in [0.2, 0.25) is 0 Å². The van der Waals surface area contributed by atoms with Crippen molar-refractivity contribution in [3.8, 4) is 11.4 Å². The lowest BCUT2D eigenvalue weighted by Gasteiger charge is -2.27. The number of hydrogen-bond acceptors (Lipinski definition) is 4. The highest BCUT2D eigenvalue weighted by Gasteiger charge is 2.15. The number of carboxylic acid groups (broad SMARTS) is 1. The predicted molar refractivity (Wildman–Crippen MR) is 96.5 cm³/mol. The molecule has 1 saturated carbocycles. The molecule has 6 nitrogen and oxygen atoms in total. The number of carbonyl (C=O) groups is 1. The molecule has 2 heterocycles. The van der Waals surface area contributed by atoms with Gasteiger partial charge in [-0.1, -0.05) is 19.3 Å². The molecule has 6 heteroatoms. The highest BCUT2D eigenvalue weighted by molar-refractivity contribution is 5.88. The zero-order valence-electron chi connectivity index (χ0n) is 14.8. The van der Waals surface area contributed by atoms with E-state index in [2.05, 4.69) is 21.9 Å². The Morgan fingerprint density at radius 2 is 2.08 bits per heavy atom. The van der Waals surface area contributed by atoms with E-state index in [1.807, 2.05) is 10.8 Å². The molecule has 3 rings (SSSR count). The van der Waals surface area contributed by atoms with Crippen LogP contribution in [0.1, 0.15) is 42.5 Å². The minimum Gasteiger partial charge on any atom is -0.478 e. The number of aromatic nitrogens is 3. The van der Waals surface area contributed by atoms with E-state index >= 15 is 0 Å². The Morgan fingerprint density at radius 3 is 2.84 bits per heavy atom. The fourth-order valence-electron chi connectivity index (χ4n) is 3.51. The molecule has 0 amide bonds. The van der Waals surface area contributed by atoms with E-state index in [4.69, 9.17) is 5.11 Å². The normalized spacial score (nSPS) is 15.6. The molecule has 2 aromatic rings. The molecule has 134 valence electrons. The van der Waals surface area contributed by atoms with Crippen LogP contribution in [0.4, 0.5) is 0 Å². The summed E-state index contributed by atoms with van der Waals surface area (Å²) in [6.07, 6.45) is 12.1. The van der Waals surface area contributed by atoms with Crippen LogP contribution in [0.3, 0.4) is 0 Å². The van der Waals surface area contributed by atoms with Gasteiger partial charge in [0.15, 0.2) is 0 Å². The highest BCUT2D eigenvalue weighted by Crippen LogP contribution is 2.24. The zero-order valence-corrected chi connectivity index (χ0v) is 14.8. The maximum absolute atomic E-state index is 11.1. The molecule has 1 fully saturated rings. The van der Waals surface area contributed by atoms with Crippen molar-refractivity contribution in [3.63, 3.8) is 0 Å². The molecule has 0 spiro atoms. The fraction of sp³-hybridized carbons (Fsp3) is 0.526. The number of nitrogens with zero attached hydrogens (tertiary/aromatic N) is 4. The Bertz CT molecular complexity index is 707. The second kappa shape index (κ2) is 8.25. The number of hydrogen-bond donors (Lipinski definition) is 1. The van der Waals surface area contributed by atoms with Crippen molar-refractivity contribution in [1.29, 1.82) is 0 Å². The van der Waals surface area contributed by atoms with Crippen molar-refractivity contribution in [1.82, 2.24) is 19.4 Å². The van der Waals surface area contributed by atoms with Crippen molar-refractivity contribution >= 4 is 5.97 Å². The molecular formula is C19H26N4O2. The Morgan fingerprint density at radius 1 is 1.28 bits per heavy atom. The van der Waals surface area contributed by atoms with E-state index < -0.39 is 5.97 Å². The SMILES string of the molecule is CN(CCn1cnc(-c2cc(C(=O)O)ccn2)c1)CC1CCCCC1. The zero-order chi connectivity index (χ0) is 17.6. The van der Waals surface area contributed by atoms with E-state index in [-0.39, 0.29) is 5.56 Å². The van der Waals surface area contributed by atoms with E-state index in [1.54, 1.807) is 12.4 Å². The Hall–Kier alpha value is -2.21. The van der Waals surface area contributed by atoms with Gasteiger partial charge in [0.2, 0.25) is 0 Å². The van der Waals surface area contributed by atoms with E-state index in [0.29, 0.717) is 11.4 Å². The molecule has 0 aliphatic heterocycles. The number of likely N-dealkylation sites (N-methyl/N-ethyl adjacent to an activating group) is 1. The average molecular weight is 342 g/mol. The van der Waals surface area contributed by atoms with Gasteiger partial charge in [-0.2, -0.15) is 0 Å². The second-order valence-corrected chi connectivity index (χ2v) is 7.00. The molecule has 0 bridgehead atoms. The van der Waals surface area contributed by atoms with Crippen LogP contribution in [0.5, 0.6) is 0 Å². The molecule has 0 unspecified atom stereocenters. The lowest BCUT2D eigenvalue weighted by atomic mass is 9.89. The molecule has 1 N–H and O–H groups in total. The molecule has 0 atom stereocenters. The second-order valence-electron chi connectivity index (χ2n) is 7.00. The summed E-state index contributed by atoms with van der Waals surface area (Å²) in [5, 5.41) is 9.08. The van der Waals surface area contributed by atoms with Crippen molar-refractivity contribution in [3.05, 3.63) is 36.4 Å². The first-order valence-electron chi connectivity index (χ1n) is 9.02. The number of pyridine rings is 1. The molecule has 0 radical (unpaired) electrons. The molecule has 1 aliphatic rings. The van der Waals surface area contributed by atoms with Crippen molar-refractivity contribution in [2.24, 2.45) is 5.92 Å². The Labute approximate surface area is 148 Å². The molecular weight excluding hydrogens is 316 g/mol. The van der Waals surface area contributed by atoms with Gasteiger partial charge in [0, 0.05) is 32.0 Å². The summed E-state index contributed by atoms with van der Waals surface area (Å²) in [6, 6.07) is 3.05. The number of imidazole rings is 1. The first-order chi connectivity index (χ1) is 12.1. The van der Waals surface area contributed by atoms with Crippen molar-refractivity contribution in [2.75, 3.05) is 20.1 Å². The average Bonchev–Trinajstić information content (AvgIpc) is 3.10. The summed E-state index contributed by atoms with van der Waals surface area (Å²) in [6.45, 7) is 3.02. The van der Waals surface area contributed by atoms with Gasteiger partial charge in [0.25, 0.3) is 0 Å². The molecule has 1 aliphatic carbocycles. The van der Waals surface area contributed by atoms with Crippen molar-refractivity contribution in [2.45, 2.75) is 38.6 Å². The summed E-state index contributed by atoms with van der Waals surface area (Å²) in [5.41, 5.74) is 1.53. The van der Waals surface area contributed by atoms with Crippen LogP contribution >= 0.6 is 0 Å². The first kappa shape index (κ1) is 17.6. The van der Waals surface area contributed by atoms with Crippen molar-refractivity contribution < 1.29 is 9.90 Å². The topological polar surface area (TPSA) is 71.2 Å². The minimum absolute atomic E-state index is 0.228. The molecule has 0 aromatic carbocycles. The van der Waals surface area contributed by atoms with Gasteiger partial charge in [-0.3, -0.25) is 4.98 Å². The largest absolute Gasteiger partial charge is 0.478 e. The summed E-state index contributed by atoms with van der Waals surface area (Å²) in [4.78, 5) is 22.1. The van der Waals surface area contributed by atoms with Crippen LogP contribution in [0.15, 0.2) is 30.9 Å². The smallest absolute Gasteiger partial charge is 0.335 e. The van der Waals surface area contributed by atoms with Gasteiger partial charge in [-0.05, 0) is 37.9 Å². The quantitative estimate of drug-likeness (QED) is 0.837. The van der Waals surface area contributed by atoms with Crippen LogP contribution < -0.4 is 0 Å². The third-order valence-corrected chi connectivity index (χ3v) is 4.94. The van der Waals surface area contributed by atoms with Crippen LogP contribution in [0.25, 0.3) is 11.4 Å². The molecule has 2 aromatic heterocycles. The maximum atomic E-state index is 11.1. The van der Waals surface area contributed by atoms with Gasteiger partial charge in [-0.15, -0.1) is 0 Å². The lowest BCUT2D eigenvalue weighted by Crippen LogP contribution is -2.29. The monoisotopic (exact) mass is 342 g/mol. The summed E-state index contributed by atoms with van der Waals surface area (Å²) < 4.78 is 2.04. The number of aromatic carboxylic acids is 1. The molecule has 0 saturated heterocycles. The van der Waals surface area contributed by atoms with Gasteiger partial charge in [-0.25, -0.2) is 9.78 Å². The lowest BCUT2D eigenvalue weighted by molar-refractivity contribution is 0.0697. The number of rotatable bonds is 7. The minimum atomic E-state index is -0.951. The Balaban J connectivity index is 1.54. The molecule has 25 heavy (non-hydrogen) atoms. The third-order valence-electron chi connectivity index (χ3n) is 4.94. The van der Waals surface area contributed by atoms with Crippen LogP contribution in [0, 0.1) is 5.92 Å². The van der Waals surface area contributed by atoms with E-state index in [0.717, 1.165) is 19.0 Å². The summed E-state index contributed by atoms with van der Waals surface area (Å²) >= 11 is 0. The van der Waals surface area contributed by atoms with E-state index in [1.165, 1.54) is 50.9 Å². The fourth-order valence-corrected chi connectivity index (χ4v) is 3.51. The van der Waals surface area contributed by atoms with Gasteiger partial charge in [0.1, 0.15) is 5.69 Å². The van der Waals surface area contributed by atoms with Crippen LogP contribution in [-0.4, -0.2) is 50.6 Å².